The molecule has 0 aliphatic rings. The fourth-order valence-corrected chi connectivity index (χ4v) is 1.57. The number of aryl methyl sites for hydroxylation is 2. The van der Waals surface area contributed by atoms with Crippen molar-refractivity contribution in [1.82, 2.24) is 9.78 Å². The van der Waals surface area contributed by atoms with E-state index in [-0.39, 0.29) is 17.7 Å². The minimum atomic E-state index is -0.428. The molecule has 0 bridgehead atoms. The molecule has 102 valence electrons. The largest absolute Gasteiger partial charge is 0.396 e. The second-order valence-corrected chi connectivity index (χ2v) is 5.03. The van der Waals surface area contributed by atoms with Crippen molar-refractivity contribution in [2.75, 3.05) is 18.5 Å². The molecule has 1 heterocycles. The number of hydrogen-bond acceptors (Lipinski definition) is 5. The van der Waals surface area contributed by atoms with Gasteiger partial charge in [-0.3, -0.25) is 10.1 Å². The van der Waals surface area contributed by atoms with E-state index in [4.69, 9.17) is 0 Å². The third-order valence-corrected chi connectivity index (χ3v) is 2.74. The van der Waals surface area contributed by atoms with Crippen LogP contribution in [0.25, 0.3) is 0 Å². The summed E-state index contributed by atoms with van der Waals surface area (Å²) in [6.45, 7) is 8.25. The molecule has 0 fully saturated rings. The van der Waals surface area contributed by atoms with Gasteiger partial charge >= 0.3 is 5.69 Å². The second-order valence-electron chi connectivity index (χ2n) is 5.03. The van der Waals surface area contributed by atoms with Gasteiger partial charge in [0, 0.05) is 25.1 Å². The summed E-state index contributed by atoms with van der Waals surface area (Å²) < 4.78 is 1.57. The molecule has 7 nitrogen and oxygen atoms in total. The molecule has 0 aliphatic carbocycles. The van der Waals surface area contributed by atoms with Crippen LogP contribution in [0.4, 0.5) is 11.5 Å². The van der Waals surface area contributed by atoms with E-state index < -0.39 is 4.92 Å². The quantitative estimate of drug-likeness (QED) is 0.595. The molecule has 1 rings (SSSR count). The maximum absolute atomic E-state index is 11.0. The summed E-state index contributed by atoms with van der Waals surface area (Å²) in [5, 5.41) is 27.4. The van der Waals surface area contributed by atoms with Crippen LogP contribution in [-0.4, -0.2) is 33.0 Å². The first-order valence-corrected chi connectivity index (χ1v) is 5.89. The highest BCUT2D eigenvalue weighted by Crippen LogP contribution is 2.29. The molecule has 0 spiro atoms. The smallest absolute Gasteiger partial charge is 0.333 e. The molecule has 0 aliphatic heterocycles. The van der Waals surface area contributed by atoms with Gasteiger partial charge in [0.2, 0.25) is 5.82 Å². The van der Waals surface area contributed by atoms with E-state index in [1.54, 1.807) is 11.6 Å². The molecule has 0 atom stereocenters. The Bertz CT molecular complexity index is 440. The Kier molecular flexibility index (Phi) is 4.28. The summed E-state index contributed by atoms with van der Waals surface area (Å²) in [4.78, 5) is 10.6. The predicted octanol–water partition coefficient (Wildman–Crippen LogP) is 1.55. The summed E-state index contributed by atoms with van der Waals surface area (Å²) >= 11 is 0. The summed E-state index contributed by atoms with van der Waals surface area (Å²) in [6.07, 6.45) is 0. The Morgan fingerprint density at radius 1 is 1.56 bits per heavy atom. The van der Waals surface area contributed by atoms with Crippen LogP contribution in [0.3, 0.4) is 0 Å². The molecule has 2 N–H and O–H groups in total. The highest BCUT2D eigenvalue weighted by Gasteiger charge is 2.26. The van der Waals surface area contributed by atoms with Crippen LogP contribution in [-0.2, 0) is 6.54 Å². The lowest BCUT2D eigenvalue weighted by Crippen LogP contribution is -2.27. The molecule has 1 aromatic heterocycles. The van der Waals surface area contributed by atoms with Crippen molar-refractivity contribution in [1.29, 1.82) is 0 Å². The van der Waals surface area contributed by atoms with Crippen LogP contribution in [0.15, 0.2) is 0 Å². The maximum atomic E-state index is 11.0. The van der Waals surface area contributed by atoms with E-state index in [0.29, 0.717) is 24.6 Å². The van der Waals surface area contributed by atoms with Gasteiger partial charge in [-0.15, -0.1) is 0 Å². The summed E-state index contributed by atoms with van der Waals surface area (Å²) in [6, 6.07) is 0. The third-order valence-electron chi connectivity index (χ3n) is 2.74. The topological polar surface area (TPSA) is 93.2 Å². The van der Waals surface area contributed by atoms with Crippen molar-refractivity contribution >= 4 is 11.5 Å². The average molecular weight is 256 g/mol. The predicted molar refractivity (Wildman–Crippen MR) is 68.6 cm³/mol. The lowest BCUT2D eigenvalue weighted by molar-refractivity contribution is -0.384. The van der Waals surface area contributed by atoms with Crippen molar-refractivity contribution in [3.05, 3.63) is 15.8 Å². The van der Waals surface area contributed by atoms with Gasteiger partial charge in [0.05, 0.1) is 4.92 Å². The zero-order valence-electron chi connectivity index (χ0n) is 11.2. The van der Waals surface area contributed by atoms with E-state index in [2.05, 4.69) is 10.4 Å². The van der Waals surface area contributed by atoms with Gasteiger partial charge in [-0.25, -0.2) is 4.68 Å². The number of nitrogens with zero attached hydrogens (tertiary/aromatic N) is 3. The highest BCUT2D eigenvalue weighted by molar-refractivity contribution is 5.59. The number of aliphatic hydroxyl groups is 1. The number of aromatic nitrogens is 2. The summed E-state index contributed by atoms with van der Waals surface area (Å²) in [5.74, 6) is 0.404. The normalized spacial score (nSPS) is 11.6. The zero-order chi connectivity index (χ0) is 13.9. The fourth-order valence-electron chi connectivity index (χ4n) is 1.57. The monoisotopic (exact) mass is 256 g/mol. The molecule has 1 aromatic rings. The molecule has 0 radical (unpaired) electrons. The average Bonchev–Trinajstić information content (AvgIpc) is 2.63. The summed E-state index contributed by atoms with van der Waals surface area (Å²) in [7, 11) is 0. The van der Waals surface area contributed by atoms with Gasteiger partial charge in [-0.2, -0.15) is 5.10 Å². The van der Waals surface area contributed by atoms with E-state index in [0.717, 1.165) is 0 Å². The molecule has 0 unspecified atom stereocenters. The minimum absolute atomic E-state index is 0.00518. The Labute approximate surface area is 106 Å². The van der Waals surface area contributed by atoms with Crippen molar-refractivity contribution in [2.45, 2.75) is 34.2 Å². The Balaban J connectivity index is 3.03. The Morgan fingerprint density at radius 3 is 2.61 bits per heavy atom. The Hall–Kier alpha value is -1.63. The van der Waals surface area contributed by atoms with Crippen molar-refractivity contribution in [3.63, 3.8) is 0 Å². The molecule has 0 aromatic carbocycles. The first-order valence-electron chi connectivity index (χ1n) is 5.89. The lowest BCUT2D eigenvalue weighted by atomic mass is 9.95. The standard InChI is InChI=1S/C11H20N4O3/c1-5-14-10(12-6-11(3,4)7-16)9(15(17)18)8(2)13-14/h12,16H,5-7H2,1-4H3. The van der Waals surface area contributed by atoms with Crippen molar-refractivity contribution in [3.8, 4) is 0 Å². The molecule has 18 heavy (non-hydrogen) atoms. The summed E-state index contributed by atoms with van der Waals surface area (Å²) in [5.41, 5.74) is 0.0571. The Morgan fingerprint density at radius 2 is 2.17 bits per heavy atom. The molecule has 7 heteroatoms. The molecule has 0 saturated heterocycles. The first kappa shape index (κ1) is 14.4. The van der Waals surface area contributed by atoms with Gasteiger partial charge in [-0.05, 0) is 13.8 Å². The van der Waals surface area contributed by atoms with Crippen LogP contribution in [0, 0.1) is 22.5 Å². The van der Waals surface area contributed by atoms with Gasteiger partial charge in [0.15, 0.2) is 0 Å². The number of nitrogens with one attached hydrogen (secondary N) is 1. The number of rotatable bonds is 6. The molecular weight excluding hydrogens is 236 g/mol. The van der Waals surface area contributed by atoms with Gasteiger partial charge in [0.25, 0.3) is 0 Å². The van der Waals surface area contributed by atoms with Crippen molar-refractivity contribution in [2.24, 2.45) is 5.41 Å². The van der Waals surface area contributed by atoms with E-state index in [1.165, 1.54) is 0 Å². The first-order chi connectivity index (χ1) is 8.32. The van der Waals surface area contributed by atoms with E-state index in [1.807, 2.05) is 20.8 Å². The van der Waals surface area contributed by atoms with E-state index >= 15 is 0 Å². The number of aliphatic hydroxyl groups excluding tert-OH is 1. The van der Waals surface area contributed by atoms with Gasteiger partial charge < -0.3 is 10.4 Å². The van der Waals surface area contributed by atoms with Crippen LogP contribution >= 0.6 is 0 Å². The second kappa shape index (κ2) is 5.34. The van der Waals surface area contributed by atoms with Crippen molar-refractivity contribution < 1.29 is 10.0 Å². The zero-order valence-corrected chi connectivity index (χ0v) is 11.2. The third kappa shape index (κ3) is 2.98. The van der Waals surface area contributed by atoms with E-state index in [9.17, 15) is 15.2 Å². The highest BCUT2D eigenvalue weighted by atomic mass is 16.6. The minimum Gasteiger partial charge on any atom is -0.396 e. The number of anilines is 1. The van der Waals surface area contributed by atoms with Gasteiger partial charge in [0.1, 0.15) is 5.69 Å². The van der Waals surface area contributed by atoms with Crippen LogP contribution in [0.5, 0.6) is 0 Å². The maximum Gasteiger partial charge on any atom is 0.333 e. The SMILES string of the molecule is CCn1nc(C)c([N+](=O)[O-])c1NCC(C)(C)CO. The number of hydrogen-bond donors (Lipinski definition) is 2. The van der Waals surface area contributed by atoms with Crippen LogP contribution in [0.2, 0.25) is 0 Å². The van der Waals surface area contributed by atoms with Crippen LogP contribution < -0.4 is 5.32 Å². The molecule has 0 amide bonds. The number of nitro groups is 1. The van der Waals surface area contributed by atoms with Crippen LogP contribution in [0.1, 0.15) is 26.5 Å². The van der Waals surface area contributed by atoms with Gasteiger partial charge in [-0.1, -0.05) is 13.8 Å². The molecule has 0 saturated carbocycles. The lowest BCUT2D eigenvalue weighted by Gasteiger charge is -2.22. The molecular formula is C11H20N4O3. The fraction of sp³-hybridized carbons (Fsp3) is 0.727.